The normalized spacial score (nSPS) is 24.2. The lowest BCUT2D eigenvalue weighted by molar-refractivity contribution is -0.123. The molecular formula is C17H24O. The third kappa shape index (κ3) is 3.97. The molecule has 0 amide bonds. The molecule has 0 radical (unpaired) electrons. The fourth-order valence-electron chi connectivity index (χ4n) is 3.10. The van der Waals surface area contributed by atoms with Crippen LogP contribution in [-0.2, 0) is 11.2 Å². The molecule has 1 aromatic rings. The largest absolute Gasteiger partial charge is 0.300 e. The molecule has 0 spiro atoms. The van der Waals surface area contributed by atoms with E-state index in [-0.39, 0.29) is 0 Å². The monoisotopic (exact) mass is 244 g/mol. The van der Waals surface area contributed by atoms with Gasteiger partial charge in [0.15, 0.2) is 0 Å². The summed E-state index contributed by atoms with van der Waals surface area (Å²) in [5, 5.41) is 0. The highest BCUT2D eigenvalue weighted by Gasteiger charge is 2.30. The summed E-state index contributed by atoms with van der Waals surface area (Å²) in [6.45, 7) is 2.30. The number of Topliss-reactive ketones (excluding diaryl/α,β-unsaturated/α-hetero) is 1. The summed E-state index contributed by atoms with van der Waals surface area (Å²) in [7, 11) is 0. The van der Waals surface area contributed by atoms with Crippen LogP contribution < -0.4 is 0 Å². The Morgan fingerprint density at radius 1 is 1.17 bits per heavy atom. The quantitative estimate of drug-likeness (QED) is 0.694. The summed E-state index contributed by atoms with van der Waals surface area (Å²) >= 11 is 0. The van der Waals surface area contributed by atoms with Gasteiger partial charge >= 0.3 is 0 Å². The highest BCUT2D eigenvalue weighted by Crippen LogP contribution is 2.38. The lowest BCUT2D eigenvalue weighted by Crippen LogP contribution is -2.25. The topological polar surface area (TPSA) is 17.1 Å². The maximum absolute atomic E-state index is 11.5. The van der Waals surface area contributed by atoms with Crippen LogP contribution >= 0.6 is 0 Å². The first-order chi connectivity index (χ1) is 8.68. The molecule has 1 aliphatic rings. The van der Waals surface area contributed by atoms with Crippen LogP contribution in [0.5, 0.6) is 0 Å². The van der Waals surface area contributed by atoms with Crippen LogP contribution in [0.4, 0.5) is 0 Å². The Balaban J connectivity index is 1.70. The number of benzene rings is 1. The van der Waals surface area contributed by atoms with Crippen molar-refractivity contribution in [2.24, 2.45) is 5.41 Å². The number of hydrogen-bond donors (Lipinski definition) is 0. The van der Waals surface area contributed by atoms with Gasteiger partial charge in [0.1, 0.15) is 5.78 Å². The van der Waals surface area contributed by atoms with E-state index in [0.717, 1.165) is 19.3 Å². The summed E-state index contributed by atoms with van der Waals surface area (Å²) in [6, 6.07) is 10.7. The molecule has 1 fully saturated rings. The molecule has 98 valence electrons. The summed E-state index contributed by atoms with van der Waals surface area (Å²) in [6.07, 6.45) is 8.86. The predicted octanol–water partition coefficient (Wildman–Crippen LogP) is 4.55. The standard InChI is InChI=1S/C17H24O/c1-17(13-7-11-16(18)14-17)12-6-5-10-15-8-3-2-4-9-15/h2-4,8-9H,5-7,10-14H2,1H3/t17-/m1/s1. The van der Waals surface area contributed by atoms with E-state index in [2.05, 4.69) is 37.3 Å². The van der Waals surface area contributed by atoms with Crippen LogP contribution in [0.15, 0.2) is 30.3 Å². The SMILES string of the molecule is C[C@@]1(CCCCc2ccccc2)CCCC(=O)C1. The van der Waals surface area contributed by atoms with Gasteiger partial charge in [0.05, 0.1) is 0 Å². The summed E-state index contributed by atoms with van der Waals surface area (Å²) in [5.41, 5.74) is 1.73. The molecule has 0 aliphatic heterocycles. The Labute approximate surface area is 111 Å². The van der Waals surface area contributed by atoms with Gasteiger partial charge in [-0.25, -0.2) is 0 Å². The van der Waals surface area contributed by atoms with Crippen LogP contribution in [-0.4, -0.2) is 5.78 Å². The minimum Gasteiger partial charge on any atom is -0.300 e. The number of carbonyl (C=O) groups excluding carboxylic acids is 1. The van der Waals surface area contributed by atoms with E-state index >= 15 is 0 Å². The van der Waals surface area contributed by atoms with Gasteiger partial charge in [0.25, 0.3) is 0 Å². The summed E-state index contributed by atoms with van der Waals surface area (Å²) < 4.78 is 0. The molecule has 1 nitrogen and oxygen atoms in total. The van der Waals surface area contributed by atoms with Gasteiger partial charge in [0, 0.05) is 12.8 Å². The molecule has 0 aromatic heterocycles. The van der Waals surface area contributed by atoms with Gasteiger partial charge in [0.2, 0.25) is 0 Å². The van der Waals surface area contributed by atoms with Gasteiger partial charge in [-0.15, -0.1) is 0 Å². The fraction of sp³-hybridized carbons (Fsp3) is 0.588. The van der Waals surface area contributed by atoms with E-state index in [9.17, 15) is 4.79 Å². The zero-order chi connectivity index (χ0) is 12.8. The minimum atomic E-state index is 0.298. The van der Waals surface area contributed by atoms with Crippen LogP contribution in [0.3, 0.4) is 0 Å². The first-order valence-electron chi connectivity index (χ1n) is 7.24. The van der Waals surface area contributed by atoms with Crippen LogP contribution in [0.25, 0.3) is 0 Å². The molecule has 0 N–H and O–H groups in total. The van der Waals surface area contributed by atoms with Crippen LogP contribution in [0.1, 0.15) is 57.4 Å². The third-order valence-electron chi connectivity index (χ3n) is 4.20. The maximum atomic E-state index is 11.5. The van der Waals surface area contributed by atoms with Gasteiger partial charge < -0.3 is 0 Å². The average Bonchev–Trinajstić information content (AvgIpc) is 2.36. The Morgan fingerprint density at radius 2 is 1.94 bits per heavy atom. The lowest BCUT2D eigenvalue weighted by Gasteiger charge is -2.32. The van der Waals surface area contributed by atoms with Gasteiger partial charge in [-0.1, -0.05) is 43.7 Å². The number of ketones is 1. The maximum Gasteiger partial charge on any atom is 0.133 e. The van der Waals surface area contributed by atoms with Crippen molar-refractivity contribution in [1.82, 2.24) is 0 Å². The molecule has 18 heavy (non-hydrogen) atoms. The zero-order valence-corrected chi connectivity index (χ0v) is 11.5. The van der Waals surface area contributed by atoms with Crippen molar-refractivity contribution < 1.29 is 4.79 Å². The Kier molecular flexibility index (Phi) is 4.57. The van der Waals surface area contributed by atoms with E-state index in [1.165, 1.54) is 37.7 Å². The van der Waals surface area contributed by atoms with Crippen molar-refractivity contribution in [2.45, 2.75) is 58.3 Å². The average molecular weight is 244 g/mol. The van der Waals surface area contributed by atoms with Gasteiger partial charge in [-0.05, 0) is 43.1 Å². The second-order valence-corrected chi connectivity index (χ2v) is 6.07. The Hall–Kier alpha value is -1.11. The number of unbranched alkanes of at least 4 members (excludes halogenated alkanes) is 1. The van der Waals surface area contributed by atoms with E-state index in [0.29, 0.717) is 11.2 Å². The van der Waals surface area contributed by atoms with Crippen molar-refractivity contribution in [3.63, 3.8) is 0 Å². The van der Waals surface area contributed by atoms with Crippen molar-refractivity contribution in [1.29, 1.82) is 0 Å². The van der Waals surface area contributed by atoms with Gasteiger partial charge in [-0.2, -0.15) is 0 Å². The number of carbonyl (C=O) groups is 1. The highest BCUT2D eigenvalue weighted by molar-refractivity contribution is 5.79. The van der Waals surface area contributed by atoms with E-state index in [1.54, 1.807) is 0 Å². The summed E-state index contributed by atoms with van der Waals surface area (Å²) in [5.74, 6) is 0.479. The minimum absolute atomic E-state index is 0.298. The van der Waals surface area contributed by atoms with E-state index < -0.39 is 0 Å². The lowest BCUT2D eigenvalue weighted by atomic mass is 9.72. The molecule has 1 heteroatoms. The van der Waals surface area contributed by atoms with Crippen molar-refractivity contribution in [3.8, 4) is 0 Å². The molecule has 2 rings (SSSR count). The Bertz CT molecular complexity index is 382. The smallest absolute Gasteiger partial charge is 0.133 e. The molecular weight excluding hydrogens is 220 g/mol. The molecule has 1 atom stereocenters. The molecule has 0 unspecified atom stereocenters. The highest BCUT2D eigenvalue weighted by atomic mass is 16.1. The van der Waals surface area contributed by atoms with Crippen molar-refractivity contribution >= 4 is 5.78 Å². The van der Waals surface area contributed by atoms with E-state index in [4.69, 9.17) is 0 Å². The first-order valence-corrected chi connectivity index (χ1v) is 7.24. The molecule has 0 heterocycles. The predicted molar refractivity (Wildman–Crippen MR) is 75.6 cm³/mol. The number of rotatable bonds is 5. The first kappa shape index (κ1) is 13.3. The zero-order valence-electron chi connectivity index (χ0n) is 11.5. The van der Waals surface area contributed by atoms with Crippen LogP contribution in [0, 0.1) is 5.41 Å². The van der Waals surface area contributed by atoms with E-state index in [1.807, 2.05) is 0 Å². The summed E-state index contributed by atoms with van der Waals surface area (Å²) in [4.78, 5) is 11.5. The second-order valence-electron chi connectivity index (χ2n) is 6.07. The fourth-order valence-corrected chi connectivity index (χ4v) is 3.10. The molecule has 1 saturated carbocycles. The number of aryl methyl sites for hydroxylation is 1. The molecule has 1 aromatic carbocycles. The molecule has 1 aliphatic carbocycles. The van der Waals surface area contributed by atoms with Gasteiger partial charge in [-0.3, -0.25) is 4.79 Å². The van der Waals surface area contributed by atoms with Crippen molar-refractivity contribution in [3.05, 3.63) is 35.9 Å². The Morgan fingerprint density at radius 3 is 2.67 bits per heavy atom. The van der Waals surface area contributed by atoms with Crippen LogP contribution in [0.2, 0.25) is 0 Å². The second kappa shape index (κ2) is 6.17. The number of hydrogen-bond acceptors (Lipinski definition) is 1. The van der Waals surface area contributed by atoms with Crippen molar-refractivity contribution in [2.75, 3.05) is 0 Å². The molecule has 0 saturated heterocycles. The third-order valence-corrected chi connectivity index (χ3v) is 4.20. The molecule has 0 bridgehead atoms.